The molecule has 1 fully saturated rings. The quantitative estimate of drug-likeness (QED) is 0.843. The lowest BCUT2D eigenvalue weighted by Crippen LogP contribution is -2.29. The minimum Gasteiger partial charge on any atom is -0.329 e. The second-order valence-corrected chi connectivity index (χ2v) is 5.91. The van der Waals surface area contributed by atoms with Gasteiger partial charge in [-0.2, -0.15) is 0 Å². The van der Waals surface area contributed by atoms with Crippen molar-refractivity contribution in [1.29, 1.82) is 0 Å². The van der Waals surface area contributed by atoms with Crippen molar-refractivity contribution in [3.05, 3.63) is 33.3 Å². The van der Waals surface area contributed by atoms with Crippen LogP contribution in [-0.4, -0.2) is 13.1 Å². The molecule has 2 rings (SSSR count). The van der Waals surface area contributed by atoms with Crippen molar-refractivity contribution in [3.63, 3.8) is 0 Å². The normalized spacial score (nSPS) is 17.1. The summed E-state index contributed by atoms with van der Waals surface area (Å²) in [5.74, 6) is 0.953. The van der Waals surface area contributed by atoms with E-state index < -0.39 is 0 Å². The van der Waals surface area contributed by atoms with E-state index in [1.807, 2.05) is 12.1 Å². The molecular weight excluding hydrogens is 300 g/mol. The average Bonchev–Trinajstić information content (AvgIpc) is 3.12. The standard InChI is InChI=1S/C13H18BrClN2/c14-11-4-3-10(7-12(11)15)13(8-16)17-6-5-9-1-2-9/h3-4,7,9,13,17H,1-2,5-6,8,16H2. The van der Waals surface area contributed by atoms with E-state index in [1.54, 1.807) is 0 Å². The van der Waals surface area contributed by atoms with Crippen LogP contribution in [0.5, 0.6) is 0 Å². The number of nitrogens with two attached hydrogens (primary N) is 1. The van der Waals surface area contributed by atoms with Gasteiger partial charge in [-0.15, -0.1) is 0 Å². The number of hydrogen-bond donors (Lipinski definition) is 2. The predicted molar refractivity (Wildman–Crippen MR) is 76.3 cm³/mol. The molecular formula is C13H18BrClN2. The Bertz CT molecular complexity index is 380. The van der Waals surface area contributed by atoms with Gasteiger partial charge in [0.05, 0.1) is 5.02 Å². The second kappa shape index (κ2) is 6.19. The maximum Gasteiger partial charge on any atom is 0.0551 e. The topological polar surface area (TPSA) is 38.0 Å². The molecule has 1 aromatic carbocycles. The zero-order valence-electron chi connectivity index (χ0n) is 9.76. The highest BCUT2D eigenvalue weighted by atomic mass is 79.9. The van der Waals surface area contributed by atoms with Crippen LogP contribution in [0.1, 0.15) is 30.9 Å². The zero-order valence-corrected chi connectivity index (χ0v) is 12.1. The summed E-state index contributed by atoms with van der Waals surface area (Å²) in [6.45, 7) is 1.64. The van der Waals surface area contributed by atoms with E-state index in [9.17, 15) is 0 Å². The average molecular weight is 318 g/mol. The molecule has 1 atom stereocenters. The molecule has 0 aliphatic heterocycles. The Morgan fingerprint density at radius 1 is 1.47 bits per heavy atom. The number of halogens is 2. The SMILES string of the molecule is NCC(NCCC1CC1)c1ccc(Br)c(Cl)c1. The summed E-state index contributed by atoms with van der Waals surface area (Å²) < 4.78 is 0.927. The number of hydrogen-bond acceptors (Lipinski definition) is 2. The molecule has 0 bridgehead atoms. The van der Waals surface area contributed by atoms with Crippen LogP contribution in [0.15, 0.2) is 22.7 Å². The van der Waals surface area contributed by atoms with Crippen LogP contribution >= 0.6 is 27.5 Å². The maximum atomic E-state index is 6.09. The lowest BCUT2D eigenvalue weighted by atomic mass is 10.1. The first kappa shape index (κ1) is 13.3. The summed E-state index contributed by atoms with van der Waals surface area (Å²) in [6.07, 6.45) is 4.07. The van der Waals surface area contributed by atoms with Gasteiger partial charge in [-0.25, -0.2) is 0 Å². The van der Waals surface area contributed by atoms with Crippen molar-refractivity contribution in [1.82, 2.24) is 5.32 Å². The third-order valence-electron chi connectivity index (χ3n) is 3.22. The second-order valence-electron chi connectivity index (χ2n) is 4.65. The maximum absolute atomic E-state index is 6.09. The van der Waals surface area contributed by atoms with Crippen LogP contribution in [0.2, 0.25) is 5.02 Å². The monoisotopic (exact) mass is 316 g/mol. The molecule has 0 amide bonds. The Labute approximate surface area is 116 Å². The van der Waals surface area contributed by atoms with Gasteiger partial charge in [0.25, 0.3) is 0 Å². The molecule has 0 spiro atoms. The highest BCUT2D eigenvalue weighted by Gasteiger charge is 2.21. The van der Waals surface area contributed by atoms with Gasteiger partial charge >= 0.3 is 0 Å². The van der Waals surface area contributed by atoms with Gasteiger partial charge in [-0.1, -0.05) is 30.5 Å². The summed E-state index contributed by atoms with van der Waals surface area (Å²) in [5, 5.41) is 4.25. The van der Waals surface area contributed by atoms with Gasteiger partial charge in [-0.05, 0) is 52.5 Å². The highest BCUT2D eigenvalue weighted by Crippen LogP contribution is 2.32. The van der Waals surface area contributed by atoms with Gasteiger partial charge in [0.2, 0.25) is 0 Å². The first-order valence-electron chi connectivity index (χ1n) is 6.09. The van der Waals surface area contributed by atoms with Crippen LogP contribution in [0.25, 0.3) is 0 Å². The predicted octanol–water partition coefficient (Wildman–Crippen LogP) is 3.49. The van der Waals surface area contributed by atoms with Crippen molar-refractivity contribution < 1.29 is 0 Å². The fourth-order valence-corrected chi connectivity index (χ4v) is 2.37. The van der Waals surface area contributed by atoms with Crippen molar-refractivity contribution in [2.24, 2.45) is 11.7 Å². The minimum absolute atomic E-state index is 0.208. The zero-order chi connectivity index (χ0) is 12.3. The molecule has 94 valence electrons. The fourth-order valence-electron chi connectivity index (χ4n) is 1.93. The van der Waals surface area contributed by atoms with E-state index in [1.165, 1.54) is 19.3 Å². The first-order valence-corrected chi connectivity index (χ1v) is 7.26. The summed E-state index contributed by atoms with van der Waals surface area (Å²) in [4.78, 5) is 0. The van der Waals surface area contributed by atoms with Crippen molar-refractivity contribution in [3.8, 4) is 0 Å². The smallest absolute Gasteiger partial charge is 0.0551 e. The largest absolute Gasteiger partial charge is 0.329 e. The summed E-state index contributed by atoms with van der Waals surface area (Å²) in [6, 6.07) is 6.23. The van der Waals surface area contributed by atoms with E-state index in [0.717, 1.165) is 27.5 Å². The van der Waals surface area contributed by atoms with Crippen LogP contribution in [-0.2, 0) is 0 Å². The number of rotatable bonds is 6. The van der Waals surface area contributed by atoms with Gasteiger partial charge in [0.15, 0.2) is 0 Å². The lowest BCUT2D eigenvalue weighted by Gasteiger charge is -2.17. The molecule has 0 heterocycles. The Morgan fingerprint density at radius 3 is 2.82 bits per heavy atom. The van der Waals surface area contributed by atoms with E-state index >= 15 is 0 Å². The molecule has 1 saturated carbocycles. The molecule has 2 nitrogen and oxygen atoms in total. The van der Waals surface area contributed by atoms with Gasteiger partial charge in [0.1, 0.15) is 0 Å². The molecule has 1 unspecified atom stereocenters. The first-order chi connectivity index (χ1) is 8.20. The number of benzene rings is 1. The Hall–Kier alpha value is -0.0900. The molecule has 1 aliphatic rings. The Kier molecular flexibility index (Phi) is 4.86. The fraction of sp³-hybridized carbons (Fsp3) is 0.538. The third-order valence-corrected chi connectivity index (χ3v) is 4.45. The van der Waals surface area contributed by atoms with Crippen molar-refractivity contribution in [2.45, 2.75) is 25.3 Å². The van der Waals surface area contributed by atoms with Gasteiger partial charge in [-0.3, -0.25) is 0 Å². The van der Waals surface area contributed by atoms with Crippen LogP contribution in [0.4, 0.5) is 0 Å². The molecule has 0 aromatic heterocycles. The molecule has 1 aliphatic carbocycles. The van der Waals surface area contributed by atoms with E-state index in [2.05, 4.69) is 27.3 Å². The molecule has 4 heteroatoms. The molecule has 3 N–H and O–H groups in total. The highest BCUT2D eigenvalue weighted by molar-refractivity contribution is 9.10. The molecule has 0 radical (unpaired) electrons. The van der Waals surface area contributed by atoms with E-state index in [-0.39, 0.29) is 6.04 Å². The Balaban J connectivity index is 1.92. The summed E-state index contributed by atoms with van der Waals surface area (Å²) >= 11 is 9.49. The lowest BCUT2D eigenvalue weighted by molar-refractivity contribution is 0.516. The third kappa shape index (κ3) is 3.95. The number of nitrogens with one attached hydrogen (secondary N) is 1. The van der Waals surface area contributed by atoms with Crippen molar-refractivity contribution >= 4 is 27.5 Å². The minimum atomic E-state index is 0.208. The van der Waals surface area contributed by atoms with E-state index in [0.29, 0.717) is 6.54 Å². The van der Waals surface area contributed by atoms with Crippen molar-refractivity contribution in [2.75, 3.05) is 13.1 Å². The summed E-state index contributed by atoms with van der Waals surface area (Å²) in [5.41, 5.74) is 6.97. The van der Waals surface area contributed by atoms with Crippen LogP contribution in [0.3, 0.4) is 0 Å². The van der Waals surface area contributed by atoms with E-state index in [4.69, 9.17) is 17.3 Å². The molecule has 1 aromatic rings. The Morgan fingerprint density at radius 2 is 2.24 bits per heavy atom. The molecule has 0 saturated heterocycles. The van der Waals surface area contributed by atoms with Gasteiger partial charge in [0, 0.05) is 17.1 Å². The molecule has 17 heavy (non-hydrogen) atoms. The van der Waals surface area contributed by atoms with Crippen LogP contribution in [0, 0.1) is 5.92 Å². The van der Waals surface area contributed by atoms with Gasteiger partial charge < -0.3 is 11.1 Å². The summed E-state index contributed by atoms with van der Waals surface area (Å²) in [7, 11) is 0. The van der Waals surface area contributed by atoms with Crippen LogP contribution < -0.4 is 11.1 Å².